The molecule has 0 aromatic carbocycles. The first-order chi connectivity index (χ1) is 9.81. The van der Waals surface area contributed by atoms with Crippen LogP contribution in [0.4, 0.5) is 0 Å². The Morgan fingerprint density at radius 2 is 1.05 bits per heavy atom. The van der Waals surface area contributed by atoms with E-state index in [1.165, 1.54) is 89.9 Å². The molecule has 0 aromatic rings. The van der Waals surface area contributed by atoms with Gasteiger partial charge in [-0.3, -0.25) is 0 Å². The molecule has 122 valence electrons. The number of hydrogen-bond donors (Lipinski definition) is 1. The zero-order valence-corrected chi connectivity index (χ0v) is 15.3. The third kappa shape index (κ3) is 16.5. The summed E-state index contributed by atoms with van der Waals surface area (Å²) in [5.74, 6) is 0. The van der Waals surface area contributed by atoms with E-state index in [1.807, 2.05) is 0 Å². The standard InChI is InChI=1S/C18H37BrO/c1-2-3-4-5-6-7-8-9-12-15-18(19)16-13-10-11-14-17-20/h18,20H,2-17H2,1H3. The first kappa shape index (κ1) is 20.4. The molecule has 20 heavy (non-hydrogen) atoms. The predicted molar refractivity (Wildman–Crippen MR) is 94.7 cm³/mol. The zero-order chi connectivity index (χ0) is 14.9. The normalized spacial score (nSPS) is 12.8. The fourth-order valence-electron chi connectivity index (χ4n) is 2.65. The van der Waals surface area contributed by atoms with Crippen LogP contribution in [-0.4, -0.2) is 16.5 Å². The van der Waals surface area contributed by atoms with Crippen LogP contribution in [0.25, 0.3) is 0 Å². The smallest absolute Gasteiger partial charge is 0.0431 e. The molecule has 0 aliphatic carbocycles. The molecule has 0 saturated carbocycles. The summed E-state index contributed by atoms with van der Waals surface area (Å²) in [5, 5.41) is 8.71. The highest BCUT2D eigenvalue weighted by Crippen LogP contribution is 2.19. The van der Waals surface area contributed by atoms with Crippen LogP contribution in [0, 0.1) is 0 Å². The SMILES string of the molecule is CCCCCCCCCCCC(Br)CCCCCCO. The van der Waals surface area contributed by atoms with E-state index in [0.29, 0.717) is 6.61 Å². The van der Waals surface area contributed by atoms with E-state index in [9.17, 15) is 0 Å². The second-order valence-electron chi connectivity index (χ2n) is 6.14. The average Bonchev–Trinajstić information content (AvgIpc) is 2.45. The van der Waals surface area contributed by atoms with Crippen LogP contribution in [0.3, 0.4) is 0 Å². The van der Waals surface area contributed by atoms with Gasteiger partial charge in [0, 0.05) is 11.4 Å². The third-order valence-electron chi connectivity index (χ3n) is 4.05. The predicted octanol–water partition coefficient (Wildman–Crippen LogP) is 6.61. The van der Waals surface area contributed by atoms with Crippen molar-refractivity contribution in [3.63, 3.8) is 0 Å². The van der Waals surface area contributed by atoms with Crippen molar-refractivity contribution in [1.29, 1.82) is 0 Å². The Bertz CT molecular complexity index is 173. The summed E-state index contributed by atoms with van der Waals surface area (Å²) in [7, 11) is 0. The van der Waals surface area contributed by atoms with Gasteiger partial charge in [-0.2, -0.15) is 0 Å². The van der Waals surface area contributed by atoms with Crippen molar-refractivity contribution < 1.29 is 5.11 Å². The Kier molecular flexibility index (Phi) is 17.9. The second kappa shape index (κ2) is 17.5. The topological polar surface area (TPSA) is 20.2 Å². The molecule has 0 rings (SSSR count). The van der Waals surface area contributed by atoms with E-state index in [-0.39, 0.29) is 0 Å². The number of aliphatic hydroxyl groups excluding tert-OH is 1. The largest absolute Gasteiger partial charge is 0.396 e. The van der Waals surface area contributed by atoms with Gasteiger partial charge >= 0.3 is 0 Å². The molecule has 0 amide bonds. The third-order valence-corrected chi connectivity index (χ3v) is 4.96. The molecule has 0 aliphatic rings. The molecule has 0 radical (unpaired) electrons. The molecule has 2 heteroatoms. The number of unbranched alkanes of at least 4 members (excludes halogenated alkanes) is 11. The average molecular weight is 349 g/mol. The van der Waals surface area contributed by atoms with Gasteiger partial charge in [-0.25, -0.2) is 0 Å². The maximum absolute atomic E-state index is 8.71. The monoisotopic (exact) mass is 348 g/mol. The molecule has 1 N–H and O–H groups in total. The molecule has 0 spiro atoms. The molecule has 0 aromatic heterocycles. The van der Waals surface area contributed by atoms with E-state index in [2.05, 4.69) is 22.9 Å². The van der Waals surface area contributed by atoms with Gasteiger partial charge < -0.3 is 5.11 Å². The lowest BCUT2D eigenvalue weighted by molar-refractivity contribution is 0.282. The van der Waals surface area contributed by atoms with Crippen molar-refractivity contribution in [3.05, 3.63) is 0 Å². The minimum absolute atomic E-state index is 0.357. The summed E-state index contributed by atoms with van der Waals surface area (Å²) < 4.78 is 0. The van der Waals surface area contributed by atoms with Gasteiger partial charge in [0.05, 0.1) is 0 Å². The maximum atomic E-state index is 8.71. The van der Waals surface area contributed by atoms with E-state index in [4.69, 9.17) is 5.11 Å². The second-order valence-corrected chi connectivity index (χ2v) is 7.44. The van der Waals surface area contributed by atoms with Crippen molar-refractivity contribution in [1.82, 2.24) is 0 Å². The van der Waals surface area contributed by atoms with Crippen LogP contribution in [-0.2, 0) is 0 Å². The van der Waals surface area contributed by atoms with Crippen LogP contribution < -0.4 is 0 Å². The number of rotatable bonds is 16. The van der Waals surface area contributed by atoms with Gasteiger partial charge in [-0.05, 0) is 19.3 Å². The van der Waals surface area contributed by atoms with Gasteiger partial charge in [0.1, 0.15) is 0 Å². The van der Waals surface area contributed by atoms with Crippen molar-refractivity contribution in [2.75, 3.05) is 6.61 Å². The molecule has 1 atom stereocenters. The van der Waals surface area contributed by atoms with Crippen molar-refractivity contribution in [2.24, 2.45) is 0 Å². The summed E-state index contributed by atoms with van der Waals surface area (Å²) in [5.41, 5.74) is 0. The van der Waals surface area contributed by atoms with E-state index in [1.54, 1.807) is 0 Å². The Morgan fingerprint density at radius 1 is 0.650 bits per heavy atom. The Balaban J connectivity index is 3.09. The first-order valence-corrected chi connectivity index (χ1v) is 9.97. The van der Waals surface area contributed by atoms with Gasteiger partial charge in [-0.1, -0.05) is 99.9 Å². The molecule has 0 fully saturated rings. The summed E-state index contributed by atoms with van der Waals surface area (Å²) in [6.07, 6.45) is 20.2. The van der Waals surface area contributed by atoms with Gasteiger partial charge in [-0.15, -0.1) is 0 Å². The fourth-order valence-corrected chi connectivity index (χ4v) is 3.30. The van der Waals surface area contributed by atoms with Gasteiger partial charge in [0.15, 0.2) is 0 Å². The van der Waals surface area contributed by atoms with Crippen molar-refractivity contribution >= 4 is 15.9 Å². The molecule has 1 unspecified atom stereocenters. The number of halogens is 1. The number of alkyl halides is 1. The van der Waals surface area contributed by atoms with Crippen molar-refractivity contribution in [3.8, 4) is 0 Å². The molecular formula is C18H37BrO. The Morgan fingerprint density at radius 3 is 1.50 bits per heavy atom. The molecule has 0 heterocycles. The van der Waals surface area contributed by atoms with Gasteiger partial charge in [0.2, 0.25) is 0 Å². The highest BCUT2D eigenvalue weighted by molar-refractivity contribution is 9.09. The summed E-state index contributed by atoms with van der Waals surface area (Å²) in [6, 6.07) is 0. The minimum Gasteiger partial charge on any atom is -0.396 e. The van der Waals surface area contributed by atoms with E-state index >= 15 is 0 Å². The zero-order valence-electron chi connectivity index (χ0n) is 13.7. The van der Waals surface area contributed by atoms with E-state index in [0.717, 1.165) is 11.2 Å². The van der Waals surface area contributed by atoms with Gasteiger partial charge in [0.25, 0.3) is 0 Å². The fraction of sp³-hybridized carbons (Fsp3) is 1.00. The lowest BCUT2D eigenvalue weighted by Crippen LogP contribution is -1.98. The molecule has 1 nitrogen and oxygen atoms in total. The lowest BCUT2D eigenvalue weighted by Gasteiger charge is -2.09. The lowest BCUT2D eigenvalue weighted by atomic mass is 10.0. The quantitative estimate of drug-likeness (QED) is 0.245. The highest BCUT2D eigenvalue weighted by atomic mass is 79.9. The van der Waals surface area contributed by atoms with Crippen LogP contribution >= 0.6 is 15.9 Å². The molecule has 0 aliphatic heterocycles. The number of hydrogen-bond acceptors (Lipinski definition) is 1. The van der Waals surface area contributed by atoms with Crippen LogP contribution in [0.15, 0.2) is 0 Å². The first-order valence-electron chi connectivity index (χ1n) is 9.06. The van der Waals surface area contributed by atoms with Crippen LogP contribution in [0.1, 0.15) is 103 Å². The maximum Gasteiger partial charge on any atom is 0.0431 e. The van der Waals surface area contributed by atoms with Crippen LogP contribution in [0.5, 0.6) is 0 Å². The Labute approximate surface area is 136 Å². The minimum atomic E-state index is 0.357. The molecule has 0 saturated heterocycles. The number of aliphatic hydroxyl groups is 1. The summed E-state index contributed by atoms with van der Waals surface area (Å²) >= 11 is 3.81. The van der Waals surface area contributed by atoms with Crippen LogP contribution in [0.2, 0.25) is 0 Å². The van der Waals surface area contributed by atoms with E-state index < -0.39 is 0 Å². The molecular weight excluding hydrogens is 312 g/mol. The summed E-state index contributed by atoms with van der Waals surface area (Å²) in [4.78, 5) is 0.723. The molecule has 0 bridgehead atoms. The highest BCUT2D eigenvalue weighted by Gasteiger charge is 2.03. The summed E-state index contributed by atoms with van der Waals surface area (Å²) in [6.45, 7) is 2.64. The van der Waals surface area contributed by atoms with Crippen molar-refractivity contribution in [2.45, 2.75) is 108 Å². The Hall–Kier alpha value is 0.440.